The van der Waals surface area contributed by atoms with Crippen molar-refractivity contribution in [2.75, 3.05) is 58.4 Å². The van der Waals surface area contributed by atoms with Crippen LogP contribution in [0.4, 0.5) is 10.1 Å². The lowest BCUT2D eigenvalue weighted by atomic mass is 10.0. The van der Waals surface area contributed by atoms with Crippen LogP contribution in [0.5, 0.6) is 11.5 Å². The lowest BCUT2D eigenvalue weighted by molar-refractivity contribution is -0.133. The molecule has 0 radical (unpaired) electrons. The second kappa shape index (κ2) is 9.56. The van der Waals surface area contributed by atoms with Crippen molar-refractivity contribution in [3.05, 3.63) is 53.8 Å². The van der Waals surface area contributed by atoms with E-state index in [0.717, 1.165) is 68.3 Å². The average molecular weight is 428 g/mol. The summed E-state index contributed by atoms with van der Waals surface area (Å²) in [6, 6.07) is 12.4. The van der Waals surface area contributed by atoms with Crippen molar-refractivity contribution in [2.24, 2.45) is 0 Å². The van der Waals surface area contributed by atoms with Crippen LogP contribution in [0.25, 0.3) is 0 Å². The van der Waals surface area contributed by atoms with E-state index in [-0.39, 0.29) is 17.8 Å². The second-order valence-corrected chi connectivity index (χ2v) is 8.09. The van der Waals surface area contributed by atoms with E-state index in [1.807, 2.05) is 35.2 Å². The number of nitrogens with zero attached hydrogens (tertiary/aromatic N) is 3. The summed E-state index contributed by atoms with van der Waals surface area (Å²) in [7, 11) is 3.31. The molecule has 2 heterocycles. The van der Waals surface area contributed by atoms with Gasteiger partial charge in [-0.3, -0.25) is 9.69 Å². The number of hydrogen-bond donors (Lipinski definition) is 0. The Morgan fingerprint density at radius 2 is 1.74 bits per heavy atom. The fraction of sp³-hybridized carbons (Fsp3) is 0.458. The SMILES string of the molecule is COc1ccc(OC)c(C2CCCN2C(=O)CN2CCN(c3ccc(F)cc3)CC2)c1. The van der Waals surface area contributed by atoms with Crippen molar-refractivity contribution in [2.45, 2.75) is 18.9 Å². The number of anilines is 1. The van der Waals surface area contributed by atoms with Gasteiger partial charge in [-0.15, -0.1) is 0 Å². The van der Waals surface area contributed by atoms with Crippen LogP contribution < -0.4 is 14.4 Å². The largest absolute Gasteiger partial charge is 0.497 e. The van der Waals surface area contributed by atoms with Crippen LogP contribution in [-0.2, 0) is 4.79 Å². The number of likely N-dealkylation sites (tertiary alicyclic amines) is 1. The summed E-state index contributed by atoms with van der Waals surface area (Å²) in [5.41, 5.74) is 2.03. The molecular formula is C24H30FN3O3. The molecule has 6 nitrogen and oxygen atoms in total. The quantitative estimate of drug-likeness (QED) is 0.708. The standard InChI is InChI=1S/C24H30FN3O3/c1-30-20-9-10-23(31-2)21(16-20)22-4-3-11-28(22)24(29)17-26-12-14-27(15-13-26)19-7-5-18(25)6-8-19/h5-10,16,22H,3-4,11-15,17H2,1-2H3. The molecule has 0 spiro atoms. The zero-order chi connectivity index (χ0) is 21.8. The van der Waals surface area contributed by atoms with Crippen LogP contribution in [0.2, 0.25) is 0 Å². The normalized spacial score (nSPS) is 19.5. The molecule has 0 N–H and O–H groups in total. The third kappa shape index (κ3) is 4.77. The molecule has 0 bridgehead atoms. The maximum absolute atomic E-state index is 13.2. The zero-order valence-corrected chi connectivity index (χ0v) is 18.2. The molecule has 2 saturated heterocycles. The highest BCUT2D eigenvalue weighted by atomic mass is 19.1. The van der Waals surface area contributed by atoms with Gasteiger partial charge in [0.05, 0.1) is 26.8 Å². The van der Waals surface area contributed by atoms with Crippen LogP contribution in [0.15, 0.2) is 42.5 Å². The Morgan fingerprint density at radius 1 is 1.00 bits per heavy atom. The monoisotopic (exact) mass is 427 g/mol. The summed E-state index contributed by atoms with van der Waals surface area (Å²) >= 11 is 0. The molecule has 1 atom stereocenters. The number of hydrogen-bond acceptors (Lipinski definition) is 5. The summed E-state index contributed by atoms with van der Waals surface area (Å²) in [5, 5.41) is 0. The molecule has 2 aromatic carbocycles. The Kier molecular flexibility index (Phi) is 6.61. The van der Waals surface area contributed by atoms with Gasteiger partial charge < -0.3 is 19.3 Å². The molecule has 0 aliphatic carbocycles. The highest BCUT2D eigenvalue weighted by molar-refractivity contribution is 5.79. The van der Waals surface area contributed by atoms with Crippen LogP contribution in [0, 0.1) is 5.82 Å². The Balaban J connectivity index is 1.38. The molecule has 1 amide bonds. The third-order valence-corrected chi connectivity index (χ3v) is 6.29. The molecular weight excluding hydrogens is 397 g/mol. The topological polar surface area (TPSA) is 45.3 Å². The number of rotatable bonds is 6. The highest BCUT2D eigenvalue weighted by Crippen LogP contribution is 2.39. The molecule has 2 aliphatic rings. The lowest BCUT2D eigenvalue weighted by Crippen LogP contribution is -2.50. The number of halogens is 1. The maximum atomic E-state index is 13.2. The van der Waals surface area contributed by atoms with Crippen LogP contribution in [0.1, 0.15) is 24.4 Å². The van der Waals surface area contributed by atoms with Gasteiger partial charge in [0.1, 0.15) is 17.3 Å². The minimum atomic E-state index is -0.221. The Morgan fingerprint density at radius 3 is 2.42 bits per heavy atom. The summed E-state index contributed by atoms with van der Waals surface area (Å²) in [6.45, 7) is 4.45. The molecule has 7 heteroatoms. The number of methoxy groups -OCH3 is 2. The van der Waals surface area contributed by atoms with Gasteiger partial charge in [-0.25, -0.2) is 4.39 Å². The Hall–Kier alpha value is -2.80. The molecule has 4 rings (SSSR count). The van der Waals surface area contributed by atoms with Crippen molar-refractivity contribution in [1.29, 1.82) is 0 Å². The van der Waals surface area contributed by atoms with Gasteiger partial charge in [0.15, 0.2) is 0 Å². The first kappa shape index (κ1) is 21.4. The summed E-state index contributed by atoms with van der Waals surface area (Å²) in [6.07, 6.45) is 1.91. The van der Waals surface area contributed by atoms with E-state index in [1.165, 1.54) is 12.1 Å². The summed E-state index contributed by atoms with van der Waals surface area (Å²) in [4.78, 5) is 19.6. The van der Waals surface area contributed by atoms with Gasteiger partial charge in [0.2, 0.25) is 5.91 Å². The Bertz CT molecular complexity index is 897. The first-order valence-electron chi connectivity index (χ1n) is 10.8. The van der Waals surface area contributed by atoms with Crippen LogP contribution >= 0.6 is 0 Å². The van der Waals surface area contributed by atoms with E-state index in [1.54, 1.807) is 14.2 Å². The van der Waals surface area contributed by atoms with E-state index in [9.17, 15) is 9.18 Å². The predicted octanol–water partition coefficient (Wildman–Crippen LogP) is 3.33. The first-order valence-corrected chi connectivity index (χ1v) is 10.8. The van der Waals surface area contributed by atoms with Crippen molar-refractivity contribution >= 4 is 11.6 Å². The number of benzene rings is 2. The lowest BCUT2D eigenvalue weighted by Gasteiger charge is -2.37. The molecule has 0 saturated carbocycles. The number of ether oxygens (including phenoxy) is 2. The Labute approximate surface area is 183 Å². The highest BCUT2D eigenvalue weighted by Gasteiger charge is 2.33. The summed E-state index contributed by atoms with van der Waals surface area (Å²) < 4.78 is 24.1. The molecule has 31 heavy (non-hydrogen) atoms. The van der Waals surface area contributed by atoms with E-state index in [0.29, 0.717) is 6.54 Å². The third-order valence-electron chi connectivity index (χ3n) is 6.29. The molecule has 2 aliphatic heterocycles. The van der Waals surface area contributed by atoms with Crippen molar-refractivity contribution in [1.82, 2.24) is 9.80 Å². The van der Waals surface area contributed by atoms with Gasteiger partial charge in [0.25, 0.3) is 0 Å². The molecule has 2 aromatic rings. The maximum Gasteiger partial charge on any atom is 0.237 e. The smallest absolute Gasteiger partial charge is 0.237 e. The molecule has 166 valence electrons. The fourth-order valence-electron chi connectivity index (χ4n) is 4.59. The molecule has 1 unspecified atom stereocenters. The number of amides is 1. The van der Waals surface area contributed by atoms with Crippen LogP contribution in [-0.4, -0.2) is 69.2 Å². The van der Waals surface area contributed by atoms with Gasteiger partial charge in [-0.05, 0) is 55.3 Å². The molecule has 2 fully saturated rings. The first-order chi connectivity index (χ1) is 15.1. The van der Waals surface area contributed by atoms with Gasteiger partial charge in [-0.1, -0.05) is 0 Å². The predicted molar refractivity (Wildman–Crippen MR) is 118 cm³/mol. The number of piperazine rings is 1. The molecule has 0 aromatic heterocycles. The van der Waals surface area contributed by atoms with Gasteiger partial charge in [0, 0.05) is 44.0 Å². The van der Waals surface area contributed by atoms with Gasteiger partial charge >= 0.3 is 0 Å². The minimum Gasteiger partial charge on any atom is -0.497 e. The van der Waals surface area contributed by atoms with Crippen molar-refractivity contribution in [3.8, 4) is 11.5 Å². The summed E-state index contributed by atoms with van der Waals surface area (Å²) in [5.74, 6) is 1.49. The van der Waals surface area contributed by atoms with E-state index in [4.69, 9.17) is 9.47 Å². The van der Waals surface area contributed by atoms with Crippen molar-refractivity contribution in [3.63, 3.8) is 0 Å². The zero-order valence-electron chi connectivity index (χ0n) is 18.2. The second-order valence-electron chi connectivity index (χ2n) is 8.09. The number of carbonyl (C=O) groups excluding carboxylic acids is 1. The van der Waals surface area contributed by atoms with E-state index < -0.39 is 0 Å². The van der Waals surface area contributed by atoms with E-state index >= 15 is 0 Å². The number of carbonyl (C=O) groups is 1. The van der Waals surface area contributed by atoms with E-state index in [2.05, 4.69) is 9.80 Å². The fourth-order valence-corrected chi connectivity index (χ4v) is 4.59. The van der Waals surface area contributed by atoms with Gasteiger partial charge in [-0.2, -0.15) is 0 Å². The van der Waals surface area contributed by atoms with Crippen molar-refractivity contribution < 1.29 is 18.7 Å². The minimum absolute atomic E-state index is 0.0121. The van der Waals surface area contributed by atoms with Crippen LogP contribution in [0.3, 0.4) is 0 Å². The average Bonchev–Trinajstić information content (AvgIpc) is 3.30.